The van der Waals surface area contributed by atoms with Crippen LogP contribution in [0.3, 0.4) is 0 Å². The molecule has 6 atom stereocenters. The van der Waals surface area contributed by atoms with Gasteiger partial charge in [0.15, 0.2) is 0 Å². The minimum Gasteiger partial charge on any atom is -0.508 e. The van der Waals surface area contributed by atoms with E-state index >= 15 is 0 Å². The van der Waals surface area contributed by atoms with E-state index in [1.54, 1.807) is 25.1 Å². The summed E-state index contributed by atoms with van der Waals surface area (Å²) in [6.45, 7) is 7.90. The normalized spacial score (nSPS) is 27.1. The third-order valence-electron chi connectivity index (χ3n) is 14.7. The lowest BCUT2D eigenvalue weighted by Gasteiger charge is -2.58. The molecule has 9 rings (SSSR count). The second-order valence-electron chi connectivity index (χ2n) is 21.4. The largest absolute Gasteiger partial charge is 0.508 e. The van der Waals surface area contributed by atoms with Crippen LogP contribution in [0.2, 0.25) is 0 Å². The Kier molecular flexibility index (Phi) is 14.0. The number of amides is 2. The van der Waals surface area contributed by atoms with Gasteiger partial charge >= 0.3 is 12.2 Å². The Hall–Kier alpha value is -4.57. The highest BCUT2D eigenvalue weighted by Gasteiger charge is 2.57. The average Bonchev–Trinajstić information content (AvgIpc) is 3.28. The summed E-state index contributed by atoms with van der Waals surface area (Å²) in [6, 6.07) is 16.5. The number of carbonyl (C=O) groups excluding carboxylic acids is 2. The first-order valence-corrected chi connectivity index (χ1v) is 25.5. The quantitative estimate of drug-likeness (QED) is 0.181. The number of nitrogens with zero attached hydrogens (tertiary/aromatic N) is 2. The molecule has 2 saturated heterocycles. The van der Waals surface area contributed by atoms with E-state index in [2.05, 4.69) is 10.2 Å². The van der Waals surface area contributed by atoms with Crippen molar-refractivity contribution in [3.63, 3.8) is 0 Å². The zero-order chi connectivity index (χ0) is 53.7. The van der Waals surface area contributed by atoms with Gasteiger partial charge < -0.3 is 29.1 Å². The van der Waals surface area contributed by atoms with Crippen LogP contribution in [0.25, 0.3) is 0 Å². The molecule has 0 aromatic heterocycles. The van der Waals surface area contributed by atoms with Crippen LogP contribution in [-0.4, -0.2) is 97.9 Å². The van der Waals surface area contributed by atoms with Gasteiger partial charge in [0.1, 0.15) is 35.8 Å². The molecule has 4 aliphatic carbocycles. The van der Waals surface area contributed by atoms with Crippen molar-refractivity contribution in [1.29, 1.82) is 0 Å². The number of hydrogen-bond acceptors (Lipinski definition) is 9. The maximum absolute atomic E-state index is 13.0. The third kappa shape index (κ3) is 11.8. The van der Waals surface area contributed by atoms with Crippen molar-refractivity contribution in [1.82, 2.24) is 9.80 Å². The maximum atomic E-state index is 13.0. The number of alkyl halides is 4. The molecule has 4 bridgehead atoms. The van der Waals surface area contributed by atoms with Crippen LogP contribution in [0, 0.1) is 18.8 Å². The van der Waals surface area contributed by atoms with E-state index in [0.29, 0.717) is 24.6 Å². The molecule has 16 heteroatoms. The van der Waals surface area contributed by atoms with Crippen molar-refractivity contribution in [3.8, 4) is 11.5 Å². The highest BCUT2D eigenvalue weighted by molar-refractivity contribution is 7.86. The monoisotopic (exact) mass is 990 g/mol. The molecule has 0 unspecified atom stereocenters. The van der Waals surface area contributed by atoms with Crippen LogP contribution >= 0.6 is 0 Å². The van der Waals surface area contributed by atoms with Crippen LogP contribution in [-0.2, 0) is 47.4 Å². The minimum atomic E-state index is -4.53. The predicted molar refractivity (Wildman–Crippen MR) is 254 cm³/mol. The van der Waals surface area contributed by atoms with Crippen molar-refractivity contribution in [2.24, 2.45) is 11.8 Å². The molecule has 11 nitrogen and oxygen atoms in total. The van der Waals surface area contributed by atoms with Gasteiger partial charge in [-0.15, -0.1) is 0 Å². The number of likely N-dealkylation sites (tertiary alicyclic amines) is 2. The molecular weight excluding hydrogens is 917 g/mol. The number of carbonyl (C=O) groups is 2. The average molecular weight is 991 g/mol. The highest BCUT2D eigenvalue weighted by atomic mass is 32.2. The number of halogens is 4. The summed E-state index contributed by atoms with van der Waals surface area (Å²) in [7, 11) is -4.53. The van der Waals surface area contributed by atoms with Crippen molar-refractivity contribution < 1.29 is 64.6 Å². The van der Waals surface area contributed by atoms with Gasteiger partial charge in [-0.1, -0.05) is 55.5 Å². The smallest absolute Gasteiger partial charge is 0.410 e. The van der Waals surface area contributed by atoms with Gasteiger partial charge in [0.25, 0.3) is 23.0 Å². The predicted octanol–water partition coefficient (Wildman–Crippen LogP) is 11.7. The molecule has 380 valence electrons. The molecule has 1 N–H and O–H groups in total. The maximum Gasteiger partial charge on any atom is 0.410 e. The van der Waals surface area contributed by atoms with Crippen molar-refractivity contribution in [3.05, 3.63) is 88.5 Å². The molecule has 2 aliphatic heterocycles. The SMILES string of the molecule is CC(C)(C)OC(=O)N1CC[C@@]23CCCC[C@@H]2[C@@H]1Cc1ccc(O)cc13.[2H]C([2H])(OS(=O)(=O)c1ccc(C)cc1)C(F)F.[2H]C([2H])(Oc1ccc2c(c1)[C@]13CCCC[C@@H]1[C@H](C2)N(C(=O)OC(C)(C)C)CC3)C(F)F. The number of rotatable bonds is 7. The zero-order valence-electron chi connectivity index (χ0n) is 44.7. The summed E-state index contributed by atoms with van der Waals surface area (Å²) in [4.78, 5) is 29.3. The first-order chi connectivity index (χ1) is 33.9. The molecule has 3 aromatic carbocycles. The molecule has 4 fully saturated rings. The van der Waals surface area contributed by atoms with E-state index in [4.69, 9.17) is 19.7 Å². The summed E-state index contributed by atoms with van der Waals surface area (Å²) in [6.07, 6.45) is 5.08. The van der Waals surface area contributed by atoms with Crippen molar-refractivity contribution in [2.45, 2.75) is 177 Å². The first kappa shape index (κ1) is 46.8. The third-order valence-corrected chi connectivity index (χ3v) is 15.9. The van der Waals surface area contributed by atoms with E-state index in [1.807, 2.05) is 63.5 Å². The summed E-state index contributed by atoms with van der Waals surface area (Å²) in [5, 5.41) is 10.1. The number of ether oxygens (including phenoxy) is 3. The topological polar surface area (TPSA) is 132 Å². The molecule has 2 heterocycles. The molecule has 0 spiro atoms. The Labute approximate surface area is 411 Å². The van der Waals surface area contributed by atoms with Crippen molar-refractivity contribution >= 4 is 22.3 Å². The summed E-state index contributed by atoms with van der Waals surface area (Å²) < 4.78 is 122. The second kappa shape index (κ2) is 20.6. The fraction of sp³-hybridized carbons (Fsp3) is 0.623. The van der Waals surface area contributed by atoms with Gasteiger partial charge in [-0.2, -0.15) is 8.42 Å². The number of phenols is 1. The Morgan fingerprint density at radius 2 is 1.19 bits per heavy atom. The van der Waals surface area contributed by atoms with Crippen LogP contribution in [0.5, 0.6) is 11.5 Å². The molecule has 3 aromatic rings. The lowest BCUT2D eigenvalue weighted by atomic mass is 9.52. The molecular formula is C53H70F4N2O9S. The number of hydrogen-bond donors (Lipinski definition) is 1. The zero-order valence-corrected chi connectivity index (χ0v) is 41.5. The Balaban J connectivity index is 0.000000168. The fourth-order valence-corrected chi connectivity index (χ4v) is 12.9. The molecule has 6 aliphatic rings. The van der Waals surface area contributed by atoms with Crippen molar-refractivity contribution in [2.75, 3.05) is 26.2 Å². The molecule has 2 saturated carbocycles. The van der Waals surface area contributed by atoms with E-state index < -0.39 is 47.3 Å². The van der Waals surface area contributed by atoms with E-state index in [0.717, 1.165) is 80.3 Å². The van der Waals surface area contributed by atoms with Gasteiger partial charge in [-0.05, 0) is 170 Å². The number of piperidine rings is 2. The Morgan fingerprint density at radius 1 is 0.710 bits per heavy atom. The van der Waals surface area contributed by atoms with Crippen LogP contribution in [0.4, 0.5) is 27.2 Å². The lowest BCUT2D eigenvalue weighted by Crippen LogP contribution is -2.62. The number of aromatic hydroxyl groups is 1. The Bertz CT molecular complexity index is 2600. The van der Waals surface area contributed by atoms with Crippen LogP contribution < -0.4 is 4.74 Å². The van der Waals surface area contributed by atoms with E-state index in [1.165, 1.54) is 48.9 Å². The summed E-state index contributed by atoms with van der Waals surface area (Å²) in [5.41, 5.74) is 4.57. The summed E-state index contributed by atoms with van der Waals surface area (Å²) >= 11 is 0. The molecule has 2 amide bonds. The number of benzene rings is 3. The van der Waals surface area contributed by atoms with Crippen LogP contribution in [0.15, 0.2) is 65.6 Å². The fourth-order valence-electron chi connectivity index (χ4n) is 12.1. The lowest BCUT2D eigenvalue weighted by molar-refractivity contribution is -0.0356. The van der Waals surface area contributed by atoms with Gasteiger partial charge in [0, 0.05) is 36.0 Å². The minimum absolute atomic E-state index is 0.0515. The highest BCUT2D eigenvalue weighted by Crippen LogP contribution is 2.58. The second-order valence-corrected chi connectivity index (χ2v) is 22.9. The standard InChI is InChI=1S/C23H31F2NO3.C21H29NO3.C9H10F2O3S/c1-22(2,3)29-21(27)26-11-10-23-9-5-4-6-17(23)19(26)12-15-7-8-16(13-18(15)23)28-14-20(24)25;1-20(2,3)25-19(24)22-11-10-21-9-5-4-6-16(21)18(22)12-14-7-8-15(23)13-17(14)21;1-7-2-4-8(5-3-7)15(12,13)14-6-9(10)11/h7-8,13,17,19-20H,4-6,9-12,14H2,1-3H3;7-8,13,16,18,23H,4-6,9-12H2,1-3H3;2-5,9H,6H2,1H3/t17-,19+,23+;16-,18+,21+;/m11./s1/i14D2;;6D2. The van der Waals surface area contributed by atoms with E-state index in [9.17, 15) is 40.7 Å². The summed E-state index contributed by atoms with van der Waals surface area (Å²) in [5.74, 6) is 1.26. The molecule has 0 radical (unpaired) electrons. The molecule has 69 heavy (non-hydrogen) atoms. The number of phenolic OH excluding ortho intramolecular Hbond substituents is 1. The Morgan fingerprint density at radius 3 is 1.67 bits per heavy atom. The number of fused-ring (bicyclic) bond motifs is 2. The van der Waals surface area contributed by atoms with Crippen LogP contribution in [0.1, 0.15) is 139 Å². The van der Waals surface area contributed by atoms with Gasteiger partial charge in [0.2, 0.25) is 0 Å². The van der Waals surface area contributed by atoms with Gasteiger partial charge in [0.05, 0.1) is 10.4 Å². The van der Waals surface area contributed by atoms with E-state index in [-0.39, 0.29) is 51.7 Å². The van der Waals surface area contributed by atoms with Gasteiger partial charge in [-0.3, -0.25) is 4.18 Å². The first-order valence-electron chi connectivity index (χ1n) is 26.1. The number of aryl methyl sites for hydroxylation is 1. The van der Waals surface area contributed by atoms with Gasteiger partial charge in [-0.25, -0.2) is 27.2 Å².